The molecule has 0 heterocycles. The fraction of sp³-hybridized carbons (Fsp3) is 0.0714. The number of carbonyl (C=O) groups is 1. The molecular weight excluding hydrogens is 260 g/mol. The predicted octanol–water partition coefficient (Wildman–Crippen LogP) is 1.94. The van der Waals surface area contributed by atoms with Gasteiger partial charge in [-0.25, -0.2) is 0 Å². The molecule has 0 atom stereocenters. The van der Waals surface area contributed by atoms with E-state index in [0.29, 0.717) is 11.4 Å². The van der Waals surface area contributed by atoms with Crippen molar-refractivity contribution < 1.29 is 19.7 Å². The van der Waals surface area contributed by atoms with E-state index in [-0.39, 0.29) is 22.7 Å². The van der Waals surface area contributed by atoms with Gasteiger partial charge < -0.3 is 26.0 Å². The molecule has 6 nitrogen and oxygen atoms in total. The summed E-state index contributed by atoms with van der Waals surface area (Å²) in [5.74, 6) is -0.240. The summed E-state index contributed by atoms with van der Waals surface area (Å²) in [5.41, 5.74) is 6.31. The van der Waals surface area contributed by atoms with Gasteiger partial charge >= 0.3 is 0 Å². The van der Waals surface area contributed by atoms with Crippen molar-refractivity contribution in [3.8, 4) is 17.2 Å². The maximum absolute atomic E-state index is 12.1. The summed E-state index contributed by atoms with van der Waals surface area (Å²) >= 11 is 0. The number of anilines is 2. The lowest BCUT2D eigenvalue weighted by Gasteiger charge is -2.10. The molecule has 0 spiro atoms. The second-order valence-corrected chi connectivity index (χ2v) is 4.11. The topological polar surface area (TPSA) is 105 Å². The molecule has 0 aliphatic rings. The molecule has 1 amide bonds. The van der Waals surface area contributed by atoms with Crippen LogP contribution in [0.1, 0.15) is 10.4 Å². The van der Waals surface area contributed by atoms with Gasteiger partial charge in [-0.15, -0.1) is 0 Å². The third-order valence-corrected chi connectivity index (χ3v) is 2.73. The van der Waals surface area contributed by atoms with E-state index in [1.165, 1.54) is 37.4 Å². The molecule has 0 radical (unpaired) electrons. The molecule has 0 aromatic heterocycles. The average Bonchev–Trinajstić information content (AvgIpc) is 2.42. The molecule has 0 fully saturated rings. The van der Waals surface area contributed by atoms with Crippen molar-refractivity contribution in [3.63, 3.8) is 0 Å². The van der Waals surface area contributed by atoms with Crippen molar-refractivity contribution in [2.45, 2.75) is 0 Å². The molecule has 20 heavy (non-hydrogen) atoms. The Bertz CT molecular complexity index is 656. The van der Waals surface area contributed by atoms with Crippen molar-refractivity contribution >= 4 is 17.3 Å². The number of methoxy groups -OCH3 is 1. The molecule has 0 aliphatic carbocycles. The van der Waals surface area contributed by atoms with Gasteiger partial charge in [0.25, 0.3) is 5.91 Å². The van der Waals surface area contributed by atoms with Crippen LogP contribution >= 0.6 is 0 Å². The number of rotatable bonds is 3. The van der Waals surface area contributed by atoms with Gasteiger partial charge in [0.2, 0.25) is 0 Å². The van der Waals surface area contributed by atoms with E-state index in [2.05, 4.69) is 5.32 Å². The first-order valence-corrected chi connectivity index (χ1v) is 5.78. The Morgan fingerprint density at radius 1 is 1.20 bits per heavy atom. The number of benzene rings is 2. The highest BCUT2D eigenvalue weighted by Crippen LogP contribution is 2.27. The van der Waals surface area contributed by atoms with Gasteiger partial charge in [-0.05, 0) is 30.3 Å². The first-order valence-electron chi connectivity index (χ1n) is 5.78. The van der Waals surface area contributed by atoms with E-state index in [4.69, 9.17) is 10.5 Å². The van der Waals surface area contributed by atoms with Crippen molar-refractivity contribution in [2.24, 2.45) is 0 Å². The summed E-state index contributed by atoms with van der Waals surface area (Å²) in [6.07, 6.45) is 0. The molecule has 0 unspecified atom stereocenters. The van der Waals surface area contributed by atoms with E-state index < -0.39 is 5.91 Å². The van der Waals surface area contributed by atoms with Crippen LogP contribution < -0.4 is 15.8 Å². The van der Waals surface area contributed by atoms with Gasteiger partial charge in [0.15, 0.2) is 0 Å². The molecule has 0 saturated heterocycles. The zero-order chi connectivity index (χ0) is 14.7. The number of aromatic hydroxyl groups is 2. The van der Waals surface area contributed by atoms with Crippen LogP contribution in [0.3, 0.4) is 0 Å². The fourth-order valence-corrected chi connectivity index (χ4v) is 1.68. The highest BCUT2D eigenvalue weighted by atomic mass is 16.5. The summed E-state index contributed by atoms with van der Waals surface area (Å²) in [6, 6.07) is 8.52. The molecule has 6 heteroatoms. The van der Waals surface area contributed by atoms with Crippen molar-refractivity contribution in [3.05, 3.63) is 42.0 Å². The number of phenolic OH excluding ortho intramolecular Hbond substituents is 2. The molecule has 104 valence electrons. The predicted molar refractivity (Wildman–Crippen MR) is 75.1 cm³/mol. The molecule has 0 aliphatic heterocycles. The molecule has 2 rings (SSSR count). The second-order valence-electron chi connectivity index (χ2n) is 4.11. The number of ether oxygens (including phenoxy) is 1. The monoisotopic (exact) mass is 274 g/mol. The van der Waals surface area contributed by atoms with Crippen LogP contribution in [0.4, 0.5) is 11.4 Å². The summed E-state index contributed by atoms with van der Waals surface area (Å²) < 4.78 is 5.00. The Morgan fingerprint density at radius 3 is 2.60 bits per heavy atom. The minimum absolute atomic E-state index is 0.00438. The number of nitrogen functional groups attached to an aromatic ring is 1. The Labute approximate surface area is 115 Å². The Kier molecular flexibility index (Phi) is 3.65. The summed E-state index contributed by atoms with van der Waals surface area (Å²) in [4.78, 5) is 12.1. The summed E-state index contributed by atoms with van der Waals surface area (Å²) in [6.45, 7) is 0. The van der Waals surface area contributed by atoms with Crippen LogP contribution in [0.15, 0.2) is 36.4 Å². The maximum Gasteiger partial charge on any atom is 0.259 e. The van der Waals surface area contributed by atoms with Crippen LogP contribution in [0, 0.1) is 0 Å². The third kappa shape index (κ3) is 2.74. The number of nitrogens with two attached hydrogens (primary N) is 1. The first-order chi connectivity index (χ1) is 9.51. The molecule has 5 N–H and O–H groups in total. The standard InChI is InChI=1S/C14H14N2O4/c1-20-9-3-5-13(18)10(7-9)14(19)16-12-4-2-8(17)6-11(12)15/h2-7,17-18H,15H2,1H3,(H,16,19). The van der Waals surface area contributed by atoms with Crippen molar-refractivity contribution in [1.29, 1.82) is 0 Å². The number of hydrogen-bond donors (Lipinski definition) is 4. The van der Waals surface area contributed by atoms with Gasteiger partial charge in [-0.3, -0.25) is 4.79 Å². The lowest BCUT2D eigenvalue weighted by atomic mass is 10.1. The number of nitrogens with one attached hydrogen (secondary N) is 1. The quantitative estimate of drug-likeness (QED) is 0.505. The van der Waals surface area contributed by atoms with Crippen LogP contribution in [0.25, 0.3) is 0 Å². The molecule has 2 aromatic carbocycles. The Morgan fingerprint density at radius 2 is 1.95 bits per heavy atom. The number of amides is 1. The van der Waals surface area contributed by atoms with Crippen molar-refractivity contribution in [1.82, 2.24) is 0 Å². The normalized spacial score (nSPS) is 10.1. The third-order valence-electron chi connectivity index (χ3n) is 2.73. The fourth-order valence-electron chi connectivity index (χ4n) is 1.68. The van der Waals surface area contributed by atoms with Gasteiger partial charge in [0, 0.05) is 6.07 Å². The summed E-state index contributed by atoms with van der Waals surface area (Å²) in [5, 5.41) is 21.5. The minimum atomic E-state index is -0.529. The number of phenols is 2. The lowest BCUT2D eigenvalue weighted by Crippen LogP contribution is -2.13. The van der Waals surface area contributed by atoms with E-state index in [9.17, 15) is 15.0 Å². The number of hydrogen-bond acceptors (Lipinski definition) is 5. The first kappa shape index (κ1) is 13.5. The van der Waals surface area contributed by atoms with Gasteiger partial charge in [0.05, 0.1) is 24.0 Å². The smallest absolute Gasteiger partial charge is 0.259 e. The minimum Gasteiger partial charge on any atom is -0.508 e. The maximum atomic E-state index is 12.1. The second kappa shape index (κ2) is 5.40. The molecular formula is C14H14N2O4. The van der Waals surface area contributed by atoms with Crippen LogP contribution in [-0.2, 0) is 0 Å². The van der Waals surface area contributed by atoms with E-state index in [0.717, 1.165) is 0 Å². The van der Waals surface area contributed by atoms with Crippen LogP contribution in [0.2, 0.25) is 0 Å². The Balaban J connectivity index is 2.28. The Hall–Kier alpha value is -2.89. The zero-order valence-corrected chi connectivity index (χ0v) is 10.8. The number of carbonyl (C=O) groups excluding carboxylic acids is 1. The van der Waals surface area contributed by atoms with E-state index in [1.54, 1.807) is 6.07 Å². The average molecular weight is 274 g/mol. The van der Waals surface area contributed by atoms with Gasteiger partial charge in [0.1, 0.15) is 17.2 Å². The molecule has 2 aromatic rings. The van der Waals surface area contributed by atoms with Crippen molar-refractivity contribution in [2.75, 3.05) is 18.2 Å². The highest BCUT2D eigenvalue weighted by molar-refractivity contribution is 6.07. The van der Waals surface area contributed by atoms with Crippen LogP contribution in [-0.4, -0.2) is 23.2 Å². The van der Waals surface area contributed by atoms with Crippen LogP contribution in [0.5, 0.6) is 17.2 Å². The van der Waals surface area contributed by atoms with E-state index >= 15 is 0 Å². The van der Waals surface area contributed by atoms with E-state index in [1.807, 2.05) is 0 Å². The molecule has 0 bridgehead atoms. The largest absolute Gasteiger partial charge is 0.508 e. The molecule has 0 saturated carbocycles. The highest BCUT2D eigenvalue weighted by Gasteiger charge is 2.14. The van der Waals surface area contributed by atoms with Gasteiger partial charge in [-0.1, -0.05) is 0 Å². The SMILES string of the molecule is COc1ccc(O)c(C(=O)Nc2ccc(O)cc2N)c1. The van der Waals surface area contributed by atoms with Gasteiger partial charge in [-0.2, -0.15) is 0 Å². The summed E-state index contributed by atoms with van der Waals surface area (Å²) in [7, 11) is 1.46. The zero-order valence-electron chi connectivity index (χ0n) is 10.8. The lowest BCUT2D eigenvalue weighted by molar-refractivity contribution is 0.102.